The molecule has 5 rings (SSSR count). The van der Waals surface area contributed by atoms with E-state index in [2.05, 4.69) is 10.9 Å². The minimum Gasteiger partial charge on any atom is -0.507 e. The zero-order chi connectivity index (χ0) is 24.7. The minimum absolute atomic E-state index is 0.0735. The van der Waals surface area contributed by atoms with Gasteiger partial charge in [0.15, 0.2) is 0 Å². The van der Waals surface area contributed by atoms with Crippen molar-refractivity contribution in [3.05, 3.63) is 94.3 Å². The Balaban J connectivity index is 1.52. The van der Waals surface area contributed by atoms with Gasteiger partial charge in [-0.3, -0.25) is 4.79 Å². The average Bonchev–Trinajstić information content (AvgIpc) is 3.39. The van der Waals surface area contributed by atoms with E-state index in [1.165, 1.54) is 6.07 Å². The normalized spacial score (nSPS) is 23.5. The number of nitrogens with zero attached hydrogens (tertiary/aromatic N) is 1. The van der Waals surface area contributed by atoms with E-state index >= 15 is 4.39 Å². The summed E-state index contributed by atoms with van der Waals surface area (Å²) in [4.78, 5) is 15.4. The standard InChI is InChI=1S/C28H30FN3O3/c1-16-14-17(2)27(33)21(15-16)24-23-25(31-30-24)28(34)32(26(23)20-6-4-5-7-22(20)29)13-12-18-8-10-19(35-3)11-9-18/h4-11,14-15,23-26,30-31,33H,12-13H2,1-3H3. The molecule has 0 aromatic heterocycles. The summed E-state index contributed by atoms with van der Waals surface area (Å²) in [5.41, 5.74) is 10.4. The first-order valence-corrected chi connectivity index (χ1v) is 11.9. The van der Waals surface area contributed by atoms with E-state index < -0.39 is 12.1 Å². The molecule has 3 aromatic carbocycles. The van der Waals surface area contributed by atoms with E-state index in [0.29, 0.717) is 24.1 Å². The lowest BCUT2D eigenvalue weighted by atomic mass is 9.82. The number of aryl methyl sites for hydroxylation is 2. The van der Waals surface area contributed by atoms with Crippen molar-refractivity contribution in [2.24, 2.45) is 5.92 Å². The lowest BCUT2D eigenvalue weighted by Crippen LogP contribution is -2.42. The maximum Gasteiger partial charge on any atom is 0.242 e. The van der Waals surface area contributed by atoms with E-state index in [0.717, 1.165) is 22.4 Å². The second-order valence-corrected chi connectivity index (χ2v) is 9.44. The van der Waals surface area contributed by atoms with Crippen LogP contribution in [0, 0.1) is 25.6 Å². The smallest absolute Gasteiger partial charge is 0.242 e. The van der Waals surface area contributed by atoms with E-state index in [4.69, 9.17) is 4.74 Å². The fraction of sp³-hybridized carbons (Fsp3) is 0.321. The zero-order valence-corrected chi connectivity index (χ0v) is 20.1. The SMILES string of the molecule is COc1ccc(CCN2C(=O)C3NNC(c4cc(C)cc(C)c4O)C3C2c2ccccc2F)cc1. The van der Waals surface area contributed by atoms with Crippen molar-refractivity contribution in [1.29, 1.82) is 0 Å². The Morgan fingerprint density at radius 2 is 1.71 bits per heavy atom. The number of halogens is 1. The molecule has 182 valence electrons. The van der Waals surface area contributed by atoms with Gasteiger partial charge in [0.05, 0.1) is 19.2 Å². The maximum absolute atomic E-state index is 15.1. The molecule has 2 heterocycles. The Hall–Kier alpha value is -3.42. The van der Waals surface area contributed by atoms with Gasteiger partial charge in [-0.2, -0.15) is 0 Å². The number of phenols is 1. The van der Waals surface area contributed by atoms with Crippen LogP contribution in [0.1, 0.15) is 39.9 Å². The van der Waals surface area contributed by atoms with Gasteiger partial charge in [0.2, 0.25) is 5.91 Å². The number of nitrogens with one attached hydrogen (secondary N) is 2. The monoisotopic (exact) mass is 475 g/mol. The first-order chi connectivity index (χ1) is 16.9. The van der Waals surface area contributed by atoms with Gasteiger partial charge >= 0.3 is 0 Å². The number of methoxy groups -OCH3 is 1. The summed E-state index contributed by atoms with van der Waals surface area (Å²) in [6.45, 7) is 4.29. The molecule has 0 bridgehead atoms. The number of benzene rings is 3. The Kier molecular flexibility index (Phi) is 6.21. The van der Waals surface area contributed by atoms with Crippen LogP contribution in [-0.4, -0.2) is 35.6 Å². The molecule has 4 atom stereocenters. The van der Waals surface area contributed by atoms with Crippen LogP contribution in [0.4, 0.5) is 4.39 Å². The molecular formula is C28H30FN3O3. The predicted octanol–water partition coefficient (Wildman–Crippen LogP) is 4.12. The average molecular weight is 476 g/mol. The number of hydrogen-bond donors (Lipinski definition) is 3. The molecule has 2 fully saturated rings. The number of hydrogen-bond acceptors (Lipinski definition) is 5. The largest absolute Gasteiger partial charge is 0.507 e. The van der Waals surface area contributed by atoms with Gasteiger partial charge in [0.25, 0.3) is 0 Å². The van der Waals surface area contributed by atoms with Crippen LogP contribution in [-0.2, 0) is 11.2 Å². The Labute approximate surface area is 204 Å². The summed E-state index contributed by atoms with van der Waals surface area (Å²) in [7, 11) is 1.63. The number of rotatable bonds is 6. The third kappa shape index (κ3) is 4.15. The highest BCUT2D eigenvalue weighted by Crippen LogP contribution is 2.49. The van der Waals surface area contributed by atoms with Crippen LogP contribution in [0.15, 0.2) is 60.7 Å². The van der Waals surface area contributed by atoms with Gasteiger partial charge in [0, 0.05) is 23.6 Å². The number of phenolic OH excluding ortho intramolecular Hbond substituents is 1. The van der Waals surface area contributed by atoms with Gasteiger partial charge in [-0.15, -0.1) is 0 Å². The molecule has 2 aliphatic heterocycles. The van der Waals surface area contributed by atoms with Crippen molar-refractivity contribution in [2.45, 2.75) is 38.4 Å². The highest BCUT2D eigenvalue weighted by atomic mass is 19.1. The summed E-state index contributed by atoms with van der Waals surface area (Å²) in [6, 6.07) is 16.9. The van der Waals surface area contributed by atoms with Crippen molar-refractivity contribution in [3.63, 3.8) is 0 Å². The molecule has 4 unspecified atom stereocenters. The Bertz CT molecular complexity index is 1250. The molecule has 6 nitrogen and oxygen atoms in total. The maximum atomic E-state index is 15.1. The van der Waals surface area contributed by atoms with E-state index in [1.807, 2.05) is 50.2 Å². The van der Waals surface area contributed by atoms with Gasteiger partial charge in [-0.1, -0.05) is 48.0 Å². The quantitative estimate of drug-likeness (QED) is 0.500. The van der Waals surface area contributed by atoms with Crippen molar-refractivity contribution < 1.29 is 19.0 Å². The highest BCUT2D eigenvalue weighted by Gasteiger charge is 2.56. The summed E-state index contributed by atoms with van der Waals surface area (Å²) >= 11 is 0. The molecule has 0 saturated carbocycles. The van der Waals surface area contributed by atoms with Crippen LogP contribution in [0.5, 0.6) is 11.5 Å². The fourth-order valence-electron chi connectivity index (χ4n) is 5.58. The van der Waals surface area contributed by atoms with Gasteiger partial charge < -0.3 is 14.7 Å². The number of fused-ring (bicyclic) bond motifs is 1. The van der Waals surface area contributed by atoms with Gasteiger partial charge in [-0.25, -0.2) is 15.2 Å². The second kappa shape index (κ2) is 9.32. The van der Waals surface area contributed by atoms with E-state index in [1.54, 1.807) is 30.2 Å². The molecule has 3 N–H and O–H groups in total. The third-order valence-electron chi connectivity index (χ3n) is 7.25. The molecule has 0 spiro atoms. The number of ether oxygens (including phenoxy) is 1. The number of carbonyl (C=O) groups excluding carboxylic acids is 1. The molecule has 35 heavy (non-hydrogen) atoms. The van der Waals surface area contributed by atoms with Gasteiger partial charge in [-0.05, 0) is 49.6 Å². The summed E-state index contributed by atoms with van der Waals surface area (Å²) < 4.78 is 20.4. The van der Waals surface area contributed by atoms with Crippen LogP contribution < -0.4 is 15.6 Å². The molecule has 3 aromatic rings. The molecule has 2 saturated heterocycles. The minimum atomic E-state index is -0.527. The number of hydrazine groups is 1. The van der Waals surface area contributed by atoms with E-state index in [9.17, 15) is 9.90 Å². The lowest BCUT2D eigenvalue weighted by molar-refractivity contribution is -0.130. The molecule has 1 amide bonds. The number of aromatic hydroxyl groups is 1. The van der Waals surface area contributed by atoms with Gasteiger partial charge in [0.1, 0.15) is 23.4 Å². The molecular weight excluding hydrogens is 445 g/mol. The molecule has 0 radical (unpaired) electrons. The Morgan fingerprint density at radius 3 is 2.43 bits per heavy atom. The second-order valence-electron chi connectivity index (χ2n) is 9.44. The lowest BCUT2D eigenvalue weighted by Gasteiger charge is -2.32. The first kappa shape index (κ1) is 23.3. The summed E-state index contributed by atoms with van der Waals surface area (Å²) in [5.74, 6) is 0.261. The Morgan fingerprint density at radius 1 is 1.00 bits per heavy atom. The molecule has 0 aliphatic carbocycles. The third-order valence-corrected chi connectivity index (χ3v) is 7.25. The molecule has 2 aliphatic rings. The predicted molar refractivity (Wildman–Crippen MR) is 131 cm³/mol. The van der Waals surface area contributed by atoms with Crippen molar-refractivity contribution in [3.8, 4) is 11.5 Å². The highest BCUT2D eigenvalue weighted by molar-refractivity contribution is 5.86. The summed E-state index contributed by atoms with van der Waals surface area (Å²) in [6.07, 6.45) is 0.632. The van der Waals surface area contributed by atoms with Crippen molar-refractivity contribution in [2.75, 3.05) is 13.7 Å². The first-order valence-electron chi connectivity index (χ1n) is 11.9. The van der Waals surface area contributed by atoms with Crippen molar-refractivity contribution in [1.82, 2.24) is 15.8 Å². The number of likely N-dealkylation sites (tertiary alicyclic amines) is 1. The number of carbonyl (C=O) groups is 1. The fourth-order valence-corrected chi connectivity index (χ4v) is 5.58. The number of amides is 1. The van der Waals surface area contributed by atoms with Crippen LogP contribution in [0.2, 0.25) is 0 Å². The van der Waals surface area contributed by atoms with Crippen LogP contribution in [0.3, 0.4) is 0 Å². The van der Waals surface area contributed by atoms with Crippen LogP contribution in [0.25, 0.3) is 0 Å². The van der Waals surface area contributed by atoms with E-state index in [-0.39, 0.29) is 29.4 Å². The topological polar surface area (TPSA) is 73.8 Å². The summed E-state index contributed by atoms with van der Waals surface area (Å²) in [5, 5.41) is 10.9. The molecule has 7 heteroatoms. The zero-order valence-electron chi connectivity index (χ0n) is 20.1. The van der Waals surface area contributed by atoms with Crippen molar-refractivity contribution >= 4 is 5.91 Å². The van der Waals surface area contributed by atoms with Crippen LogP contribution >= 0.6 is 0 Å².